The molecular formula is C19H9ClN4O3S. The molecule has 9 heteroatoms. The van der Waals surface area contributed by atoms with Crippen LogP contribution in [0, 0.1) is 10.1 Å². The van der Waals surface area contributed by atoms with Crippen molar-refractivity contribution in [2.24, 2.45) is 0 Å². The number of hydrogen-bond acceptors (Lipinski definition) is 6. The molecule has 0 radical (unpaired) electrons. The Balaban J connectivity index is 1.81. The summed E-state index contributed by atoms with van der Waals surface area (Å²) in [7, 11) is 0. The number of hydrogen-bond donors (Lipinski definition) is 0. The Kier molecular flexibility index (Phi) is 3.65. The molecular weight excluding hydrogens is 400 g/mol. The van der Waals surface area contributed by atoms with Gasteiger partial charge in [-0.05, 0) is 18.2 Å². The van der Waals surface area contributed by atoms with Crippen molar-refractivity contribution < 1.29 is 4.92 Å². The predicted octanol–water partition coefficient (Wildman–Crippen LogP) is 4.69. The minimum absolute atomic E-state index is 0.00763. The van der Waals surface area contributed by atoms with Crippen molar-refractivity contribution in [1.29, 1.82) is 0 Å². The second kappa shape index (κ2) is 6.08. The first-order valence-corrected chi connectivity index (χ1v) is 9.42. The molecule has 0 atom stereocenters. The highest BCUT2D eigenvalue weighted by molar-refractivity contribution is 7.15. The van der Waals surface area contributed by atoms with Gasteiger partial charge in [-0.2, -0.15) is 0 Å². The molecule has 3 heterocycles. The van der Waals surface area contributed by atoms with Gasteiger partial charge < -0.3 is 0 Å². The molecule has 136 valence electrons. The number of nitro benzene ring substituents is 1. The van der Waals surface area contributed by atoms with E-state index in [4.69, 9.17) is 11.6 Å². The van der Waals surface area contributed by atoms with Gasteiger partial charge in [0.05, 0.1) is 32.1 Å². The number of non-ortho nitro benzene ring substituents is 1. The molecule has 3 aromatic heterocycles. The zero-order valence-corrected chi connectivity index (χ0v) is 15.6. The highest BCUT2D eigenvalue weighted by atomic mass is 35.5. The number of benzene rings is 2. The first-order chi connectivity index (χ1) is 13.5. The van der Waals surface area contributed by atoms with E-state index in [0.29, 0.717) is 37.7 Å². The van der Waals surface area contributed by atoms with Crippen molar-refractivity contribution in [2.45, 2.75) is 0 Å². The average Bonchev–Trinajstić information content (AvgIpc) is 3.13. The van der Waals surface area contributed by atoms with Crippen LogP contribution in [0.2, 0.25) is 5.02 Å². The molecule has 2 aromatic carbocycles. The van der Waals surface area contributed by atoms with Crippen LogP contribution in [0.3, 0.4) is 0 Å². The van der Waals surface area contributed by atoms with Crippen molar-refractivity contribution in [2.75, 3.05) is 0 Å². The Bertz CT molecular complexity index is 1470. The number of fused-ring (bicyclic) bond motifs is 4. The largest absolute Gasteiger partial charge is 0.269 e. The quantitative estimate of drug-likeness (QED) is 0.240. The summed E-state index contributed by atoms with van der Waals surface area (Å²) in [6.45, 7) is 0. The first-order valence-electron chi connectivity index (χ1n) is 8.16. The van der Waals surface area contributed by atoms with Gasteiger partial charge in [0.2, 0.25) is 0 Å². The number of pyridine rings is 1. The van der Waals surface area contributed by atoms with Crippen LogP contribution in [0.4, 0.5) is 5.69 Å². The zero-order chi connectivity index (χ0) is 19.4. The molecule has 0 fully saturated rings. The number of para-hydroxylation sites is 1. The fraction of sp³-hybridized carbons (Fsp3) is 0. The van der Waals surface area contributed by atoms with E-state index in [2.05, 4.69) is 9.97 Å². The van der Waals surface area contributed by atoms with Crippen LogP contribution >= 0.6 is 22.9 Å². The van der Waals surface area contributed by atoms with Crippen LogP contribution in [-0.4, -0.2) is 19.3 Å². The van der Waals surface area contributed by atoms with Crippen molar-refractivity contribution in [3.63, 3.8) is 0 Å². The Morgan fingerprint density at radius 3 is 2.61 bits per heavy atom. The Hall–Kier alpha value is -3.36. The summed E-state index contributed by atoms with van der Waals surface area (Å²) >= 11 is 7.54. The van der Waals surface area contributed by atoms with E-state index in [9.17, 15) is 14.9 Å². The fourth-order valence-corrected chi connectivity index (χ4v) is 4.32. The smallest absolute Gasteiger partial charge is 0.268 e. The predicted molar refractivity (Wildman–Crippen MR) is 109 cm³/mol. The van der Waals surface area contributed by atoms with Crippen LogP contribution in [0.25, 0.3) is 38.0 Å². The lowest BCUT2D eigenvalue weighted by Gasteiger charge is -2.06. The molecule has 7 nitrogen and oxygen atoms in total. The number of thiazole rings is 1. The van der Waals surface area contributed by atoms with Gasteiger partial charge in [-0.3, -0.25) is 24.3 Å². The third kappa shape index (κ3) is 2.39. The molecule has 0 N–H and O–H groups in total. The van der Waals surface area contributed by atoms with E-state index >= 15 is 0 Å². The molecule has 0 spiro atoms. The SMILES string of the molecule is O=c1c2cnc3c(Cl)cccc3c2nc2scc(-c3ccc([N+](=O)[O-])cc3)n12. The van der Waals surface area contributed by atoms with Gasteiger partial charge in [0, 0.05) is 34.7 Å². The second-order valence-corrected chi connectivity index (χ2v) is 7.36. The number of halogens is 1. The van der Waals surface area contributed by atoms with Crippen LogP contribution in [-0.2, 0) is 0 Å². The molecule has 28 heavy (non-hydrogen) atoms. The zero-order valence-electron chi connectivity index (χ0n) is 14.0. The highest BCUT2D eigenvalue weighted by Gasteiger charge is 2.16. The molecule has 0 aliphatic heterocycles. The van der Waals surface area contributed by atoms with Gasteiger partial charge >= 0.3 is 0 Å². The van der Waals surface area contributed by atoms with Crippen molar-refractivity contribution in [3.8, 4) is 11.3 Å². The van der Waals surface area contributed by atoms with Gasteiger partial charge in [0.25, 0.3) is 11.2 Å². The summed E-state index contributed by atoms with van der Waals surface area (Å²) in [4.78, 5) is 33.1. The van der Waals surface area contributed by atoms with E-state index < -0.39 is 4.92 Å². The third-order valence-electron chi connectivity index (χ3n) is 4.54. The maximum Gasteiger partial charge on any atom is 0.269 e. The van der Waals surface area contributed by atoms with Gasteiger partial charge in [0.15, 0.2) is 4.96 Å². The van der Waals surface area contributed by atoms with E-state index in [1.807, 2.05) is 11.4 Å². The topological polar surface area (TPSA) is 90.4 Å². The molecule has 0 bridgehead atoms. The Labute approximate surface area is 165 Å². The molecule has 0 amide bonds. The van der Waals surface area contributed by atoms with Gasteiger partial charge in [0.1, 0.15) is 0 Å². The van der Waals surface area contributed by atoms with E-state index in [-0.39, 0.29) is 11.2 Å². The first kappa shape index (κ1) is 16.8. The number of nitrogens with zero attached hydrogens (tertiary/aromatic N) is 4. The van der Waals surface area contributed by atoms with Crippen LogP contribution < -0.4 is 5.56 Å². The van der Waals surface area contributed by atoms with Crippen molar-refractivity contribution in [1.82, 2.24) is 14.4 Å². The monoisotopic (exact) mass is 408 g/mol. The van der Waals surface area contributed by atoms with Crippen LogP contribution in [0.15, 0.2) is 58.8 Å². The highest BCUT2D eigenvalue weighted by Crippen LogP contribution is 2.30. The standard InChI is InChI=1S/C19H9ClN4O3S/c20-14-3-1-2-12-16-13(8-21-17(12)14)18(25)23-15(9-28-19(23)22-16)10-4-6-11(7-5-10)24(26)27/h1-9H. The second-order valence-electron chi connectivity index (χ2n) is 6.12. The van der Waals surface area contributed by atoms with Crippen LogP contribution in [0.1, 0.15) is 0 Å². The Morgan fingerprint density at radius 2 is 1.86 bits per heavy atom. The maximum absolute atomic E-state index is 13.2. The van der Waals surface area contributed by atoms with Gasteiger partial charge in [-0.1, -0.05) is 23.7 Å². The number of nitro groups is 1. The molecule has 0 aliphatic carbocycles. The van der Waals surface area contributed by atoms with E-state index in [0.717, 1.165) is 5.39 Å². The lowest BCUT2D eigenvalue weighted by molar-refractivity contribution is -0.384. The van der Waals surface area contributed by atoms with Gasteiger partial charge in [-0.15, -0.1) is 11.3 Å². The number of aromatic nitrogens is 3. The summed E-state index contributed by atoms with van der Waals surface area (Å²) in [5.74, 6) is 0. The van der Waals surface area contributed by atoms with Crippen molar-refractivity contribution >= 4 is 55.4 Å². The molecule has 0 saturated heterocycles. The number of rotatable bonds is 2. The molecule has 0 aliphatic rings. The lowest BCUT2D eigenvalue weighted by Crippen LogP contribution is -2.15. The molecule has 5 aromatic rings. The van der Waals surface area contributed by atoms with Crippen molar-refractivity contribution in [3.05, 3.63) is 79.5 Å². The normalized spacial score (nSPS) is 11.5. The van der Waals surface area contributed by atoms with Crippen LogP contribution in [0.5, 0.6) is 0 Å². The molecule has 5 rings (SSSR count). The lowest BCUT2D eigenvalue weighted by atomic mass is 10.1. The minimum atomic E-state index is -0.460. The van der Waals surface area contributed by atoms with Gasteiger partial charge in [-0.25, -0.2) is 4.98 Å². The minimum Gasteiger partial charge on any atom is -0.268 e. The van der Waals surface area contributed by atoms with E-state index in [1.54, 1.807) is 24.3 Å². The summed E-state index contributed by atoms with van der Waals surface area (Å²) in [6.07, 6.45) is 1.49. The average molecular weight is 409 g/mol. The maximum atomic E-state index is 13.2. The Morgan fingerprint density at radius 1 is 1.07 bits per heavy atom. The summed E-state index contributed by atoms with van der Waals surface area (Å²) < 4.78 is 1.51. The molecule has 0 unspecified atom stereocenters. The fourth-order valence-electron chi connectivity index (χ4n) is 3.21. The summed E-state index contributed by atoms with van der Waals surface area (Å²) in [5, 5.41) is 14.3. The summed E-state index contributed by atoms with van der Waals surface area (Å²) in [6, 6.07) is 11.4. The third-order valence-corrected chi connectivity index (χ3v) is 5.67. The van der Waals surface area contributed by atoms with E-state index in [1.165, 1.54) is 34.1 Å². The summed E-state index contributed by atoms with van der Waals surface area (Å²) in [5.41, 5.74) is 2.21. The molecule has 0 saturated carbocycles.